The predicted octanol–water partition coefficient (Wildman–Crippen LogP) is 4.49. The smallest absolute Gasteiger partial charge is 0.253 e. The molecular formula is C23H26ClN5O3S. The summed E-state index contributed by atoms with van der Waals surface area (Å²) in [5.74, 6) is 0.869. The second-order valence-electron chi connectivity index (χ2n) is 7.30. The highest BCUT2D eigenvalue weighted by molar-refractivity contribution is 7.99. The van der Waals surface area contributed by atoms with Crippen LogP contribution in [0.3, 0.4) is 0 Å². The summed E-state index contributed by atoms with van der Waals surface area (Å²) in [5.41, 5.74) is 2.03. The number of amides is 2. The molecule has 174 valence electrons. The molecule has 1 atom stereocenters. The number of benzene rings is 2. The van der Waals surface area contributed by atoms with Crippen LogP contribution in [0.5, 0.6) is 5.75 Å². The average molecular weight is 488 g/mol. The zero-order valence-corrected chi connectivity index (χ0v) is 20.5. The standard InChI is InChI=1S/C23H26ClN5O3S/c1-5-29-21(15(3)25-22(31)16-8-6-7-9-17(16)24)27-28-23(29)33-13-20(30)26-18-12-14(2)10-11-19(18)32-4/h6-12,15H,5,13H2,1-4H3,(H,25,31)(H,26,30)/t15-/m1/s1. The van der Waals surface area contributed by atoms with Crippen molar-refractivity contribution >= 4 is 40.9 Å². The lowest BCUT2D eigenvalue weighted by Gasteiger charge is -2.15. The van der Waals surface area contributed by atoms with Crippen molar-refractivity contribution in [1.82, 2.24) is 20.1 Å². The minimum Gasteiger partial charge on any atom is -0.495 e. The zero-order valence-electron chi connectivity index (χ0n) is 18.9. The van der Waals surface area contributed by atoms with Crippen LogP contribution in [0.1, 0.15) is 41.6 Å². The quantitative estimate of drug-likeness (QED) is 0.431. The fraction of sp³-hybridized carbons (Fsp3) is 0.304. The Morgan fingerprint density at radius 3 is 2.67 bits per heavy atom. The van der Waals surface area contributed by atoms with Gasteiger partial charge in [0.05, 0.1) is 35.2 Å². The molecule has 2 aromatic carbocycles. The van der Waals surface area contributed by atoms with E-state index in [0.717, 1.165) is 5.56 Å². The number of thioether (sulfide) groups is 1. The monoisotopic (exact) mass is 487 g/mol. The zero-order chi connectivity index (χ0) is 24.0. The van der Waals surface area contributed by atoms with E-state index in [1.165, 1.54) is 11.8 Å². The molecule has 2 amide bonds. The van der Waals surface area contributed by atoms with Crippen LogP contribution in [0.25, 0.3) is 0 Å². The number of nitrogens with zero attached hydrogens (tertiary/aromatic N) is 3. The van der Waals surface area contributed by atoms with Crippen molar-refractivity contribution in [2.75, 3.05) is 18.2 Å². The van der Waals surface area contributed by atoms with Gasteiger partial charge in [0.1, 0.15) is 5.75 Å². The van der Waals surface area contributed by atoms with E-state index < -0.39 is 6.04 Å². The lowest BCUT2D eigenvalue weighted by atomic mass is 10.2. The molecular weight excluding hydrogens is 462 g/mol. The maximum atomic E-state index is 12.6. The van der Waals surface area contributed by atoms with Crippen LogP contribution >= 0.6 is 23.4 Å². The Bertz CT molecular complexity index is 1150. The predicted molar refractivity (Wildman–Crippen MR) is 130 cm³/mol. The van der Waals surface area contributed by atoms with Crippen molar-refractivity contribution in [1.29, 1.82) is 0 Å². The second-order valence-corrected chi connectivity index (χ2v) is 8.65. The van der Waals surface area contributed by atoms with Gasteiger partial charge in [0.25, 0.3) is 5.91 Å². The summed E-state index contributed by atoms with van der Waals surface area (Å²) in [6.45, 7) is 6.32. The van der Waals surface area contributed by atoms with Gasteiger partial charge in [-0.1, -0.05) is 41.6 Å². The lowest BCUT2D eigenvalue weighted by Crippen LogP contribution is -2.29. The number of hydrogen-bond acceptors (Lipinski definition) is 6. The third-order valence-corrected chi connectivity index (χ3v) is 6.17. The molecule has 0 saturated carbocycles. The van der Waals surface area contributed by atoms with Gasteiger partial charge in [0.2, 0.25) is 5.91 Å². The van der Waals surface area contributed by atoms with Crippen LogP contribution in [0.15, 0.2) is 47.6 Å². The van der Waals surface area contributed by atoms with Gasteiger partial charge in [-0.05, 0) is 50.6 Å². The fourth-order valence-electron chi connectivity index (χ4n) is 3.24. The molecule has 0 saturated heterocycles. The molecule has 0 fully saturated rings. The molecule has 0 aliphatic heterocycles. The van der Waals surface area contributed by atoms with Crippen LogP contribution in [-0.2, 0) is 11.3 Å². The van der Waals surface area contributed by atoms with Crippen molar-refractivity contribution < 1.29 is 14.3 Å². The molecule has 2 N–H and O–H groups in total. The van der Waals surface area contributed by atoms with E-state index in [1.807, 2.05) is 43.5 Å². The summed E-state index contributed by atoms with van der Waals surface area (Å²) < 4.78 is 7.19. The van der Waals surface area contributed by atoms with Gasteiger partial charge in [0, 0.05) is 6.54 Å². The van der Waals surface area contributed by atoms with E-state index in [4.69, 9.17) is 16.3 Å². The van der Waals surface area contributed by atoms with Gasteiger partial charge in [0.15, 0.2) is 11.0 Å². The molecule has 0 bridgehead atoms. The number of aromatic nitrogens is 3. The normalized spacial score (nSPS) is 11.7. The molecule has 0 aliphatic carbocycles. The first-order valence-electron chi connectivity index (χ1n) is 10.4. The first-order chi connectivity index (χ1) is 15.8. The van der Waals surface area contributed by atoms with Crippen molar-refractivity contribution in [3.8, 4) is 5.75 Å². The second kappa shape index (κ2) is 11.2. The largest absolute Gasteiger partial charge is 0.495 e. The lowest BCUT2D eigenvalue weighted by molar-refractivity contribution is -0.113. The van der Waals surface area contributed by atoms with Crippen molar-refractivity contribution in [2.45, 2.75) is 38.5 Å². The Morgan fingerprint density at radius 2 is 1.97 bits per heavy atom. The van der Waals surface area contributed by atoms with E-state index >= 15 is 0 Å². The topological polar surface area (TPSA) is 98.1 Å². The van der Waals surface area contributed by atoms with Gasteiger partial charge < -0.3 is 19.9 Å². The first kappa shape index (κ1) is 24.6. The van der Waals surface area contributed by atoms with Crippen LogP contribution < -0.4 is 15.4 Å². The highest BCUT2D eigenvalue weighted by Crippen LogP contribution is 2.26. The molecule has 0 spiro atoms. The number of rotatable bonds is 9. The molecule has 3 rings (SSSR count). The maximum absolute atomic E-state index is 12.6. The number of methoxy groups -OCH3 is 1. The minimum absolute atomic E-state index is 0.148. The Balaban J connectivity index is 1.65. The molecule has 0 radical (unpaired) electrons. The van der Waals surface area contributed by atoms with Crippen LogP contribution in [0.4, 0.5) is 5.69 Å². The maximum Gasteiger partial charge on any atom is 0.253 e. The molecule has 0 aliphatic rings. The Morgan fingerprint density at radius 1 is 1.21 bits per heavy atom. The average Bonchev–Trinajstić information content (AvgIpc) is 3.21. The number of carbonyl (C=O) groups excluding carboxylic acids is 2. The van der Waals surface area contributed by atoms with Crippen LogP contribution in [0, 0.1) is 6.92 Å². The van der Waals surface area contributed by atoms with E-state index in [2.05, 4.69) is 20.8 Å². The number of hydrogen-bond donors (Lipinski definition) is 2. The van der Waals surface area contributed by atoms with Gasteiger partial charge in [-0.2, -0.15) is 0 Å². The number of aryl methyl sites for hydroxylation is 1. The first-order valence-corrected chi connectivity index (χ1v) is 11.8. The fourth-order valence-corrected chi connectivity index (χ4v) is 4.28. The summed E-state index contributed by atoms with van der Waals surface area (Å²) >= 11 is 7.40. The number of nitrogens with one attached hydrogen (secondary N) is 2. The van der Waals surface area contributed by atoms with Gasteiger partial charge in [-0.3, -0.25) is 9.59 Å². The van der Waals surface area contributed by atoms with Crippen molar-refractivity contribution in [2.24, 2.45) is 0 Å². The molecule has 1 heterocycles. The summed E-state index contributed by atoms with van der Waals surface area (Å²) in [6.07, 6.45) is 0. The number of carbonyl (C=O) groups is 2. The van der Waals surface area contributed by atoms with Crippen LogP contribution in [0.2, 0.25) is 5.02 Å². The molecule has 1 aromatic heterocycles. The summed E-state index contributed by atoms with van der Waals surface area (Å²) in [7, 11) is 1.56. The molecule has 3 aromatic rings. The van der Waals surface area contributed by atoms with Crippen molar-refractivity contribution in [3.63, 3.8) is 0 Å². The third kappa shape index (κ3) is 6.06. The van der Waals surface area contributed by atoms with Crippen molar-refractivity contribution in [3.05, 3.63) is 64.4 Å². The van der Waals surface area contributed by atoms with Gasteiger partial charge >= 0.3 is 0 Å². The summed E-state index contributed by atoms with van der Waals surface area (Å²) in [5, 5.41) is 15.2. The van der Waals surface area contributed by atoms with E-state index in [1.54, 1.807) is 31.4 Å². The highest BCUT2D eigenvalue weighted by Gasteiger charge is 2.21. The van der Waals surface area contributed by atoms with E-state index in [0.29, 0.717) is 39.5 Å². The molecule has 8 nitrogen and oxygen atoms in total. The Labute approximate surface area is 202 Å². The highest BCUT2D eigenvalue weighted by atomic mass is 35.5. The summed E-state index contributed by atoms with van der Waals surface area (Å²) in [4.78, 5) is 25.1. The number of ether oxygens (including phenoxy) is 1. The van der Waals surface area contributed by atoms with E-state index in [9.17, 15) is 9.59 Å². The third-order valence-electron chi connectivity index (χ3n) is 4.88. The van der Waals surface area contributed by atoms with Crippen LogP contribution in [-0.4, -0.2) is 39.4 Å². The minimum atomic E-state index is -0.402. The Hall–Kier alpha value is -3.04. The molecule has 10 heteroatoms. The molecule has 33 heavy (non-hydrogen) atoms. The van der Waals surface area contributed by atoms with E-state index in [-0.39, 0.29) is 17.6 Å². The van der Waals surface area contributed by atoms with Gasteiger partial charge in [-0.25, -0.2) is 0 Å². The number of halogens is 1. The summed E-state index contributed by atoms with van der Waals surface area (Å²) in [6, 6.07) is 12.0. The molecule has 0 unspecified atom stereocenters. The Kier molecular flexibility index (Phi) is 8.35. The van der Waals surface area contributed by atoms with Gasteiger partial charge in [-0.15, -0.1) is 10.2 Å². The SMILES string of the molecule is CCn1c(SCC(=O)Nc2cc(C)ccc2OC)nnc1[C@@H](C)NC(=O)c1ccccc1Cl. The number of anilines is 1.